The molecule has 0 saturated carbocycles. The Morgan fingerprint density at radius 1 is 1.24 bits per heavy atom. The third-order valence-corrected chi connectivity index (χ3v) is 3.20. The Kier molecular flexibility index (Phi) is 5.63. The molecule has 2 aromatic rings. The van der Waals surface area contributed by atoms with Gasteiger partial charge in [-0.3, -0.25) is 0 Å². The predicted molar refractivity (Wildman–Crippen MR) is 80.4 cm³/mol. The van der Waals surface area contributed by atoms with E-state index in [0.29, 0.717) is 19.0 Å². The lowest BCUT2D eigenvalue weighted by atomic mass is 10.2. The van der Waals surface area contributed by atoms with E-state index in [1.807, 2.05) is 22.8 Å². The van der Waals surface area contributed by atoms with E-state index in [2.05, 4.69) is 18.8 Å². The van der Waals surface area contributed by atoms with Gasteiger partial charge in [-0.2, -0.15) is 0 Å². The van der Waals surface area contributed by atoms with Gasteiger partial charge in [0.25, 0.3) is 0 Å². The van der Waals surface area contributed by atoms with E-state index in [4.69, 9.17) is 9.47 Å². The van der Waals surface area contributed by atoms with Crippen molar-refractivity contribution < 1.29 is 14.6 Å². The number of aromatic nitrogens is 2. The topological polar surface area (TPSA) is 56.5 Å². The highest BCUT2D eigenvalue weighted by atomic mass is 16.5. The highest BCUT2D eigenvalue weighted by molar-refractivity contribution is 5.40. The summed E-state index contributed by atoms with van der Waals surface area (Å²) in [6.45, 7) is 6.00. The van der Waals surface area contributed by atoms with Crippen LogP contribution in [0.25, 0.3) is 0 Å². The number of rotatable bonds is 8. The van der Waals surface area contributed by atoms with Crippen molar-refractivity contribution in [2.45, 2.75) is 40.0 Å². The minimum Gasteiger partial charge on any atom is -0.493 e. The van der Waals surface area contributed by atoms with Gasteiger partial charge >= 0.3 is 0 Å². The van der Waals surface area contributed by atoms with Crippen molar-refractivity contribution in [3.05, 3.63) is 42.0 Å². The van der Waals surface area contributed by atoms with Gasteiger partial charge in [0.05, 0.1) is 31.4 Å². The van der Waals surface area contributed by atoms with Crippen molar-refractivity contribution in [3.8, 4) is 11.5 Å². The van der Waals surface area contributed by atoms with Gasteiger partial charge in [-0.25, -0.2) is 4.98 Å². The van der Waals surface area contributed by atoms with Gasteiger partial charge in [0.2, 0.25) is 0 Å². The third-order valence-electron chi connectivity index (χ3n) is 3.20. The van der Waals surface area contributed by atoms with Crippen molar-refractivity contribution in [3.63, 3.8) is 0 Å². The van der Waals surface area contributed by atoms with E-state index in [1.165, 1.54) is 0 Å². The molecule has 1 heterocycles. The van der Waals surface area contributed by atoms with E-state index >= 15 is 0 Å². The lowest BCUT2D eigenvalue weighted by Crippen LogP contribution is -2.05. The zero-order valence-corrected chi connectivity index (χ0v) is 12.6. The Morgan fingerprint density at radius 2 is 2.10 bits per heavy atom. The Balaban J connectivity index is 2.09. The van der Waals surface area contributed by atoms with Crippen LogP contribution in [0.5, 0.6) is 11.5 Å². The largest absolute Gasteiger partial charge is 0.493 e. The normalized spacial score (nSPS) is 10.6. The van der Waals surface area contributed by atoms with Crippen LogP contribution in [0.3, 0.4) is 0 Å². The number of hydrogen-bond acceptors (Lipinski definition) is 4. The summed E-state index contributed by atoms with van der Waals surface area (Å²) in [7, 11) is 0. The highest BCUT2D eigenvalue weighted by Crippen LogP contribution is 2.26. The number of nitrogens with zero attached hydrogens (tertiary/aromatic N) is 2. The minimum absolute atomic E-state index is 0.0591. The molecule has 1 aromatic heterocycles. The molecule has 5 heteroatoms. The quantitative estimate of drug-likeness (QED) is 0.812. The summed E-state index contributed by atoms with van der Waals surface area (Å²) in [5, 5.41) is 9.40. The molecule has 114 valence electrons. The number of benzene rings is 1. The monoisotopic (exact) mass is 290 g/mol. The standard InChI is InChI=1S/C16H22N2O3/c1-3-7-20-15-6-5-13(10-19)16(8-15)21-11-14-9-17-12-18(14)4-2/h5-6,8-9,12,19H,3-4,7,10-11H2,1-2H3. The molecular formula is C16H22N2O3. The summed E-state index contributed by atoms with van der Waals surface area (Å²) in [6.07, 6.45) is 4.53. The molecule has 2 rings (SSSR count). The number of aryl methyl sites for hydroxylation is 1. The van der Waals surface area contributed by atoms with Crippen LogP contribution in [0.2, 0.25) is 0 Å². The van der Waals surface area contributed by atoms with Crippen molar-refractivity contribution in [1.82, 2.24) is 9.55 Å². The molecule has 1 aromatic carbocycles. The van der Waals surface area contributed by atoms with Gasteiger partial charge in [-0.15, -0.1) is 0 Å². The lowest BCUT2D eigenvalue weighted by Gasteiger charge is -2.13. The fraction of sp³-hybridized carbons (Fsp3) is 0.438. The molecule has 0 bridgehead atoms. The number of hydrogen-bond donors (Lipinski definition) is 1. The molecule has 1 N–H and O–H groups in total. The van der Waals surface area contributed by atoms with Gasteiger partial charge in [-0.05, 0) is 25.5 Å². The Bertz CT molecular complexity index is 566. The van der Waals surface area contributed by atoms with Gasteiger partial charge in [0.15, 0.2) is 0 Å². The molecule has 0 aliphatic carbocycles. The van der Waals surface area contributed by atoms with Crippen LogP contribution in [-0.2, 0) is 19.8 Å². The summed E-state index contributed by atoms with van der Waals surface area (Å²) in [4.78, 5) is 4.11. The maximum absolute atomic E-state index is 9.40. The fourth-order valence-electron chi connectivity index (χ4n) is 2.01. The molecule has 0 radical (unpaired) electrons. The van der Waals surface area contributed by atoms with Crippen molar-refractivity contribution in [1.29, 1.82) is 0 Å². The van der Waals surface area contributed by atoms with Crippen LogP contribution in [-0.4, -0.2) is 21.3 Å². The maximum Gasteiger partial charge on any atom is 0.130 e. The van der Waals surface area contributed by atoms with Crippen LogP contribution in [0.1, 0.15) is 31.5 Å². The molecule has 0 aliphatic heterocycles. The van der Waals surface area contributed by atoms with Gasteiger partial charge in [0.1, 0.15) is 18.1 Å². The number of aliphatic hydroxyl groups excluding tert-OH is 1. The second-order valence-corrected chi connectivity index (χ2v) is 4.74. The first-order chi connectivity index (χ1) is 10.3. The van der Waals surface area contributed by atoms with Crippen LogP contribution in [0.15, 0.2) is 30.7 Å². The first kappa shape index (κ1) is 15.4. The molecule has 0 saturated heterocycles. The summed E-state index contributed by atoms with van der Waals surface area (Å²) >= 11 is 0. The van der Waals surface area contributed by atoms with Crippen LogP contribution >= 0.6 is 0 Å². The average Bonchev–Trinajstić information content (AvgIpc) is 2.98. The molecular weight excluding hydrogens is 268 g/mol. The van der Waals surface area contributed by atoms with Crippen molar-refractivity contribution >= 4 is 0 Å². The van der Waals surface area contributed by atoms with Crippen molar-refractivity contribution in [2.75, 3.05) is 6.61 Å². The van der Waals surface area contributed by atoms with Crippen LogP contribution < -0.4 is 9.47 Å². The molecule has 0 amide bonds. The minimum atomic E-state index is -0.0591. The van der Waals surface area contributed by atoms with E-state index in [9.17, 15) is 5.11 Å². The van der Waals surface area contributed by atoms with E-state index in [1.54, 1.807) is 12.5 Å². The average molecular weight is 290 g/mol. The first-order valence-corrected chi connectivity index (χ1v) is 7.26. The summed E-state index contributed by atoms with van der Waals surface area (Å²) in [5.41, 5.74) is 1.75. The second-order valence-electron chi connectivity index (χ2n) is 4.74. The summed E-state index contributed by atoms with van der Waals surface area (Å²) < 4.78 is 13.5. The molecule has 5 nitrogen and oxygen atoms in total. The smallest absolute Gasteiger partial charge is 0.130 e. The molecule has 21 heavy (non-hydrogen) atoms. The van der Waals surface area contributed by atoms with Crippen molar-refractivity contribution in [2.24, 2.45) is 0 Å². The van der Waals surface area contributed by atoms with E-state index < -0.39 is 0 Å². The maximum atomic E-state index is 9.40. The number of imidazole rings is 1. The molecule has 0 aliphatic rings. The second kappa shape index (κ2) is 7.69. The van der Waals surface area contributed by atoms with Gasteiger partial charge < -0.3 is 19.1 Å². The van der Waals surface area contributed by atoms with Crippen LogP contribution in [0, 0.1) is 0 Å². The van der Waals surface area contributed by atoms with E-state index in [0.717, 1.165) is 30.0 Å². The summed E-state index contributed by atoms with van der Waals surface area (Å²) in [5.74, 6) is 1.41. The summed E-state index contributed by atoms with van der Waals surface area (Å²) in [6, 6.07) is 5.51. The highest BCUT2D eigenvalue weighted by Gasteiger charge is 2.08. The lowest BCUT2D eigenvalue weighted by molar-refractivity contribution is 0.253. The molecule has 0 unspecified atom stereocenters. The molecule has 0 atom stereocenters. The van der Waals surface area contributed by atoms with Gasteiger partial charge in [-0.1, -0.05) is 6.92 Å². The Morgan fingerprint density at radius 3 is 2.81 bits per heavy atom. The Labute approximate surface area is 125 Å². The Hall–Kier alpha value is -2.01. The molecule has 0 fully saturated rings. The zero-order chi connectivity index (χ0) is 15.1. The van der Waals surface area contributed by atoms with E-state index in [-0.39, 0.29) is 6.61 Å². The van der Waals surface area contributed by atoms with Gasteiger partial charge in [0, 0.05) is 18.2 Å². The van der Waals surface area contributed by atoms with Crippen LogP contribution in [0.4, 0.5) is 0 Å². The SMILES string of the molecule is CCCOc1ccc(CO)c(OCc2cncn2CC)c1. The zero-order valence-electron chi connectivity index (χ0n) is 12.6. The predicted octanol–water partition coefficient (Wildman–Crippen LogP) is 2.76. The number of ether oxygens (including phenoxy) is 2. The molecule has 0 spiro atoms. The number of aliphatic hydroxyl groups is 1. The fourth-order valence-corrected chi connectivity index (χ4v) is 2.01. The first-order valence-electron chi connectivity index (χ1n) is 7.26. The third kappa shape index (κ3) is 3.98.